The van der Waals surface area contributed by atoms with Crippen LogP contribution in [0.2, 0.25) is 19.6 Å². The molecule has 4 amide bonds. The van der Waals surface area contributed by atoms with Gasteiger partial charge in [0, 0.05) is 0 Å². The van der Waals surface area contributed by atoms with Gasteiger partial charge in [-0.2, -0.15) is 0 Å². The number of hydrogen-bond donors (Lipinski definition) is 2. The molecule has 2 rings (SSSR count). The van der Waals surface area contributed by atoms with Crippen LogP contribution in [0.4, 0.5) is 4.79 Å². The van der Waals surface area contributed by atoms with Crippen LogP contribution in [-0.4, -0.2) is 25.9 Å². The number of carbonyl (C=O) groups is 3. The predicted octanol–water partition coefficient (Wildman–Crippen LogP) is 0.756. The molecule has 2 N–H and O–H groups in total. The van der Waals surface area contributed by atoms with Gasteiger partial charge < -0.3 is 0 Å². The number of amides is 4. The number of urea groups is 1. The van der Waals surface area contributed by atoms with Crippen LogP contribution in [0.15, 0.2) is 24.3 Å². The van der Waals surface area contributed by atoms with Crippen LogP contribution < -0.4 is 15.8 Å². The third-order valence-corrected chi connectivity index (χ3v) is 5.43. The summed E-state index contributed by atoms with van der Waals surface area (Å²) in [7, 11) is -1.35. The minimum Gasteiger partial charge on any atom is -0.277 e. The van der Waals surface area contributed by atoms with Crippen LogP contribution in [0.5, 0.6) is 0 Å². The van der Waals surface area contributed by atoms with E-state index in [2.05, 4.69) is 42.4 Å². The number of benzene rings is 1. The van der Waals surface area contributed by atoms with E-state index < -0.39 is 31.8 Å². The van der Waals surface area contributed by atoms with Crippen molar-refractivity contribution in [3.05, 3.63) is 29.8 Å². The van der Waals surface area contributed by atoms with E-state index in [4.69, 9.17) is 0 Å². The molecule has 1 aromatic carbocycles. The smallest absolute Gasteiger partial charge is 0.277 e. The van der Waals surface area contributed by atoms with Gasteiger partial charge in [0.1, 0.15) is 5.92 Å². The zero-order chi connectivity index (χ0) is 14.9. The minimum absolute atomic E-state index is 0.303. The molecular formula is C14H18N2O3Si. The fourth-order valence-corrected chi connectivity index (χ4v) is 3.28. The van der Waals surface area contributed by atoms with Crippen molar-refractivity contribution >= 4 is 31.1 Å². The van der Waals surface area contributed by atoms with Gasteiger partial charge in [-0.1, -0.05) is 49.1 Å². The Kier molecular flexibility index (Phi) is 3.76. The highest BCUT2D eigenvalue weighted by Crippen LogP contribution is 2.12. The zero-order valence-electron chi connectivity index (χ0n) is 11.8. The Morgan fingerprint density at radius 1 is 0.950 bits per heavy atom. The van der Waals surface area contributed by atoms with E-state index in [1.807, 2.05) is 12.1 Å². The summed E-state index contributed by atoms with van der Waals surface area (Å²) in [5, 5.41) is 5.55. The van der Waals surface area contributed by atoms with Crippen LogP contribution in [0.1, 0.15) is 5.56 Å². The summed E-state index contributed by atoms with van der Waals surface area (Å²) in [6, 6.07) is 7.27. The first-order valence-corrected chi connectivity index (χ1v) is 10.0. The minimum atomic E-state index is -1.35. The zero-order valence-corrected chi connectivity index (χ0v) is 12.8. The fraction of sp³-hybridized carbons (Fsp3) is 0.357. The molecule has 0 unspecified atom stereocenters. The lowest BCUT2D eigenvalue weighted by Crippen LogP contribution is -2.56. The Hall–Kier alpha value is -1.95. The van der Waals surface area contributed by atoms with Crippen molar-refractivity contribution in [3.8, 4) is 0 Å². The number of nitrogens with one attached hydrogen (secondary N) is 2. The number of carbonyl (C=O) groups excluding carboxylic acids is 3. The number of imide groups is 2. The number of barbiturate groups is 1. The molecule has 1 aromatic rings. The van der Waals surface area contributed by atoms with Gasteiger partial charge in [-0.05, 0) is 12.0 Å². The predicted molar refractivity (Wildman–Crippen MR) is 78.3 cm³/mol. The highest BCUT2D eigenvalue weighted by Gasteiger charge is 2.34. The lowest BCUT2D eigenvalue weighted by atomic mass is 9.96. The molecule has 1 aliphatic heterocycles. The first kappa shape index (κ1) is 14.5. The van der Waals surface area contributed by atoms with Gasteiger partial charge in [0.15, 0.2) is 0 Å². The third kappa shape index (κ3) is 3.13. The maximum absolute atomic E-state index is 11.7. The quantitative estimate of drug-likeness (QED) is 0.637. The summed E-state index contributed by atoms with van der Waals surface area (Å²) in [6.07, 6.45) is 0.303. The van der Waals surface area contributed by atoms with E-state index in [1.54, 1.807) is 0 Å². The molecule has 20 heavy (non-hydrogen) atoms. The van der Waals surface area contributed by atoms with Gasteiger partial charge in [0.05, 0.1) is 8.07 Å². The van der Waals surface area contributed by atoms with E-state index >= 15 is 0 Å². The maximum Gasteiger partial charge on any atom is 0.328 e. The fourth-order valence-electron chi connectivity index (χ4n) is 2.11. The molecule has 1 heterocycles. The van der Waals surface area contributed by atoms with E-state index in [9.17, 15) is 14.4 Å². The van der Waals surface area contributed by atoms with Crippen molar-refractivity contribution in [2.24, 2.45) is 5.92 Å². The lowest BCUT2D eigenvalue weighted by Gasteiger charge is -2.21. The lowest BCUT2D eigenvalue weighted by molar-refractivity contribution is -0.135. The maximum atomic E-state index is 11.7. The van der Waals surface area contributed by atoms with Crippen molar-refractivity contribution in [2.75, 3.05) is 0 Å². The molecule has 5 nitrogen and oxygen atoms in total. The van der Waals surface area contributed by atoms with Gasteiger partial charge in [-0.15, -0.1) is 0 Å². The average molecular weight is 290 g/mol. The topological polar surface area (TPSA) is 75.3 Å². The number of hydrogen-bond acceptors (Lipinski definition) is 3. The van der Waals surface area contributed by atoms with Gasteiger partial charge >= 0.3 is 6.03 Å². The SMILES string of the molecule is C[Si](C)(C)c1ccc(CC2C(=O)NC(=O)NC2=O)cc1. The first-order valence-electron chi connectivity index (χ1n) is 6.52. The summed E-state index contributed by atoms with van der Waals surface area (Å²) in [6.45, 7) is 6.78. The van der Waals surface area contributed by atoms with Crippen molar-refractivity contribution in [1.82, 2.24) is 10.6 Å². The van der Waals surface area contributed by atoms with Crippen LogP contribution >= 0.6 is 0 Å². The van der Waals surface area contributed by atoms with Crippen LogP contribution in [-0.2, 0) is 16.0 Å². The van der Waals surface area contributed by atoms with Gasteiger partial charge in [0.25, 0.3) is 0 Å². The van der Waals surface area contributed by atoms with E-state index in [1.165, 1.54) is 5.19 Å². The molecule has 1 aliphatic rings. The molecule has 0 aliphatic carbocycles. The van der Waals surface area contributed by atoms with Crippen LogP contribution in [0.25, 0.3) is 0 Å². The van der Waals surface area contributed by atoms with Gasteiger partial charge in [0.2, 0.25) is 11.8 Å². The van der Waals surface area contributed by atoms with E-state index in [0.717, 1.165) is 5.56 Å². The van der Waals surface area contributed by atoms with Gasteiger partial charge in [-0.3, -0.25) is 20.2 Å². The Bertz CT molecular complexity index is 541. The molecule has 0 aromatic heterocycles. The Labute approximate surface area is 118 Å². The summed E-state index contributed by atoms with van der Waals surface area (Å²) in [5.74, 6) is -1.91. The summed E-state index contributed by atoms with van der Waals surface area (Å²) in [4.78, 5) is 34.3. The Balaban J connectivity index is 2.12. The molecule has 6 heteroatoms. The molecule has 0 radical (unpaired) electrons. The second-order valence-corrected chi connectivity index (χ2v) is 11.1. The highest BCUT2D eigenvalue weighted by molar-refractivity contribution is 6.88. The molecule has 1 fully saturated rings. The second kappa shape index (κ2) is 5.20. The molecule has 0 saturated carbocycles. The number of rotatable bonds is 3. The van der Waals surface area contributed by atoms with E-state index in [-0.39, 0.29) is 0 Å². The molecule has 106 valence electrons. The van der Waals surface area contributed by atoms with E-state index in [0.29, 0.717) is 6.42 Å². The van der Waals surface area contributed by atoms with Gasteiger partial charge in [-0.25, -0.2) is 4.79 Å². The Morgan fingerprint density at radius 2 is 1.45 bits per heavy atom. The summed E-state index contributed by atoms with van der Waals surface area (Å²) >= 11 is 0. The highest BCUT2D eigenvalue weighted by atomic mass is 28.3. The summed E-state index contributed by atoms with van der Waals surface area (Å²) < 4.78 is 0. The average Bonchev–Trinajstić information content (AvgIpc) is 2.33. The second-order valence-electron chi connectivity index (χ2n) is 6.01. The van der Waals surface area contributed by atoms with Crippen molar-refractivity contribution in [2.45, 2.75) is 26.1 Å². The molecule has 0 bridgehead atoms. The standard InChI is InChI=1S/C14H18N2O3Si/c1-20(2,3)10-6-4-9(5-7-10)8-11-12(17)15-14(19)16-13(11)18/h4-7,11H,8H2,1-3H3,(H2,15,16,17,18,19). The van der Waals surface area contributed by atoms with Crippen molar-refractivity contribution < 1.29 is 14.4 Å². The molecule has 0 atom stereocenters. The summed E-state index contributed by atoms with van der Waals surface area (Å²) in [5.41, 5.74) is 0.914. The van der Waals surface area contributed by atoms with Crippen LogP contribution in [0, 0.1) is 5.92 Å². The molecular weight excluding hydrogens is 272 g/mol. The first-order chi connectivity index (χ1) is 9.27. The molecule has 1 saturated heterocycles. The largest absolute Gasteiger partial charge is 0.328 e. The molecule has 0 spiro atoms. The third-order valence-electron chi connectivity index (χ3n) is 3.37. The van der Waals surface area contributed by atoms with Crippen molar-refractivity contribution in [3.63, 3.8) is 0 Å². The normalized spacial score (nSPS) is 16.9. The monoisotopic (exact) mass is 290 g/mol. The Morgan fingerprint density at radius 3 is 1.90 bits per heavy atom. The van der Waals surface area contributed by atoms with Crippen LogP contribution in [0.3, 0.4) is 0 Å². The van der Waals surface area contributed by atoms with Crippen molar-refractivity contribution in [1.29, 1.82) is 0 Å².